The lowest BCUT2D eigenvalue weighted by Crippen LogP contribution is -2.56. The maximum Gasteiger partial charge on any atom is 0.321 e. The SMILES string of the molecule is CC1CN(C(=O)C2CCCN(C(=O)Nc3ccccc3F)C2)CC(C)(C)O1. The number of para-hydroxylation sites is 1. The first-order chi connectivity index (χ1) is 12.7. The number of ether oxygens (including phenoxy) is 1. The highest BCUT2D eigenvalue weighted by Crippen LogP contribution is 2.26. The van der Waals surface area contributed by atoms with Crippen LogP contribution in [0.15, 0.2) is 24.3 Å². The predicted octanol–water partition coefficient (Wildman–Crippen LogP) is 3.10. The lowest BCUT2D eigenvalue weighted by Gasteiger charge is -2.43. The van der Waals surface area contributed by atoms with E-state index in [1.807, 2.05) is 25.7 Å². The maximum atomic E-state index is 13.8. The summed E-state index contributed by atoms with van der Waals surface area (Å²) in [4.78, 5) is 29.0. The smallest absolute Gasteiger partial charge is 0.321 e. The van der Waals surface area contributed by atoms with Crippen LogP contribution in [0.1, 0.15) is 33.6 Å². The van der Waals surface area contributed by atoms with E-state index < -0.39 is 5.82 Å². The number of benzene rings is 1. The highest BCUT2D eigenvalue weighted by Gasteiger charge is 2.38. The number of carbonyl (C=O) groups excluding carboxylic acids is 2. The molecule has 6 nitrogen and oxygen atoms in total. The molecule has 3 rings (SSSR count). The first-order valence-electron chi connectivity index (χ1n) is 9.52. The highest BCUT2D eigenvalue weighted by molar-refractivity contribution is 5.90. The molecule has 2 unspecified atom stereocenters. The molecule has 2 aliphatic rings. The second-order valence-corrected chi connectivity index (χ2v) is 8.10. The largest absolute Gasteiger partial charge is 0.369 e. The van der Waals surface area contributed by atoms with Crippen LogP contribution in [0, 0.1) is 11.7 Å². The fourth-order valence-corrected chi connectivity index (χ4v) is 4.00. The summed E-state index contributed by atoms with van der Waals surface area (Å²) in [6, 6.07) is 5.71. The molecule has 0 aromatic heterocycles. The Hall–Kier alpha value is -2.15. The van der Waals surface area contributed by atoms with Gasteiger partial charge in [-0.1, -0.05) is 12.1 Å². The number of hydrogen-bond acceptors (Lipinski definition) is 3. The summed E-state index contributed by atoms with van der Waals surface area (Å²) >= 11 is 0. The van der Waals surface area contributed by atoms with Crippen molar-refractivity contribution in [3.63, 3.8) is 0 Å². The van der Waals surface area contributed by atoms with E-state index in [4.69, 9.17) is 4.74 Å². The van der Waals surface area contributed by atoms with E-state index in [2.05, 4.69) is 5.32 Å². The fraction of sp³-hybridized carbons (Fsp3) is 0.600. The van der Waals surface area contributed by atoms with Crippen LogP contribution in [0.25, 0.3) is 0 Å². The number of amides is 3. The molecule has 1 aromatic rings. The second-order valence-electron chi connectivity index (χ2n) is 8.10. The zero-order chi connectivity index (χ0) is 19.6. The van der Waals surface area contributed by atoms with Gasteiger partial charge in [0.1, 0.15) is 5.82 Å². The number of piperidine rings is 1. The standard InChI is InChI=1S/C20H28FN3O3/c1-14-11-24(13-20(2,3)27-14)18(25)15-7-6-10-23(12-15)19(26)22-17-9-5-4-8-16(17)21/h4-5,8-9,14-15H,6-7,10-13H2,1-3H3,(H,22,26). The molecular formula is C20H28FN3O3. The second kappa shape index (κ2) is 7.84. The molecule has 2 fully saturated rings. The number of rotatable bonds is 2. The molecule has 0 saturated carbocycles. The summed E-state index contributed by atoms with van der Waals surface area (Å²) in [5, 5.41) is 2.61. The summed E-state index contributed by atoms with van der Waals surface area (Å²) in [6.07, 6.45) is 1.50. The number of urea groups is 1. The van der Waals surface area contributed by atoms with Gasteiger partial charge in [0, 0.05) is 26.2 Å². The van der Waals surface area contributed by atoms with Crippen LogP contribution in [-0.2, 0) is 9.53 Å². The van der Waals surface area contributed by atoms with Crippen LogP contribution in [0.5, 0.6) is 0 Å². The third kappa shape index (κ3) is 4.77. The van der Waals surface area contributed by atoms with Gasteiger partial charge in [-0.15, -0.1) is 0 Å². The number of morpholine rings is 1. The van der Waals surface area contributed by atoms with Crippen molar-refractivity contribution in [3.05, 3.63) is 30.1 Å². The Kier molecular flexibility index (Phi) is 5.69. The molecule has 0 radical (unpaired) electrons. The van der Waals surface area contributed by atoms with E-state index in [0.29, 0.717) is 26.2 Å². The van der Waals surface area contributed by atoms with E-state index in [0.717, 1.165) is 12.8 Å². The molecule has 2 saturated heterocycles. The molecule has 2 atom stereocenters. The Labute approximate surface area is 159 Å². The molecule has 1 N–H and O–H groups in total. The lowest BCUT2D eigenvalue weighted by atomic mass is 9.95. The topological polar surface area (TPSA) is 61.9 Å². The first kappa shape index (κ1) is 19.6. The van der Waals surface area contributed by atoms with Crippen molar-refractivity contribution < 1.29 is 18.7 Å². The van der Waals surface area contributed by atoms with Gasteiger partial charge in [-0.3, -0.25) is 4.79 Å². The van der Waals surface area contributed by atoms with Gasteiger partial charge in [-0.05, 0) is 45.7 Å². The number of hydrogen-bond donors (Lipinski definition) is 1. The van der Waals surface area contributed by atoms with Crippen molar-refractivity contribution in [2.75, 3.05) is 31.5 Å². The van der Waals surface area contributed by atoms with Gasteiger partial charge in [0.2, 0.25) is 5.91 Å². The monoisotopic (exact) mass is 377 g/mol. The molecule has 2 aliphatic heterocycles. The van der Waals surface area contributed by atoms with E-state index in [1.54, 1.807) is 17.0 Å². The Morgan fingerprint density at radius 1 is 1.22 bits per heavy atom. The van der Waals surface area contributed by atoms with Gasteiger partial charge in [-0.25, -0.2) is 9.18 Å². The van der Waals surface area contributed by atoms with Crippen LogP contribution >= 0.6 is 0 Å². The summed E-state index contributed by atoms with van der Waals surface area (Å²) in [7, 11) is 0. The quantitative estimate of drug-likeness (QED) is 0.862. The van der Waals surface area contributed by atoms with E-state index in [1.165, 1.54) is 12.1 Å². The summed E-state index contributed by atoms with van der Waals surface area (Å²) in [5.41, 5.74) is -0.219. The molecular weight excluding hydrogens is 349 g/mol. The summed E-state index contributed by atoms with van der Waals surface area (Å²) in [6.45, 7) is 7.97. The zero-order valence-corrected chi connectivity index (χ0v) is 16.2. The van der Waals surface area contributed by atoms with Crippen molar-refractivity contribution in [2.45, 2.75) is 45.3 Å². The van der Waals surface area contributed by atoms with Gasteiger partial charge < -0.3 is 19.9 Å². The molecule has 0 bridgehead atoms. The van der Waals surface area contributed by atoms with Gasteiger partial charge >= 0.3 is 6.03 Å². The molecule has 0 spiro atoms. The molecule has 0 aliphatic carbocycles. The predicted molar refractivity (Wildman–Crippen MR) is 101 cm³/mol. The minimum absolute atomic E-state index is 0.0123. The van der Waals surface area contributed by atoms with Crippen LogP contribution < -0.4 is 5.32 Å². The van der Waals surface area contributed by atoms with Gasteiger partial charge in [0.05, 0.1) is 23.3 Å². The third-order valence-corrected chi connectivity index (χ3v) is 5.05. The van der Waals surface area contributed by atoms with Crippen LogP contribution in [-0.4, -0.2) is 59.6 Å². The number of nitrogens with zero attached hydrogens (tertiary/aromatic N) is 2. The van der Waals surface area contributed by atoms with Gasteiger partial charge in [-0.2, -0.15) is 0 Å². The van der Waals surface area contributed by atoms with Crippen molar-refractivity contribution in [2.24, 2.45) is 5.92 Å². The number of likely N-dealkylation sites (tertiary alicyclic amines) is 1. The van der Waals surface area contributed by atoms with Crippen LogP contribution in [0.2, 0.25) is 0 Å². The normalized spacial score (nSPS) is 25.2. The zero-order valence-electron chi connectivity index (χ0n) is 16.2. The minimum atomic E-state index is -0.472. The molecule has 27 heavy (non-hydrogen) atoms. The van der Waals surface area contributed by atoms with E-state index in [-0.39, 0.29) is 35.2 Å². The first-order valence-corrected chi connectivity index (χ1v) is 9.52. The van der Waals surface area contributed by atoms with Crippen molar-refractivity contribution in [1.29, 1.82) is 0 Å². The number of halogens is 1. The molecule has 148 valence electrons. The maximum absolute atomic E-state index is 13.8. The van der Waals surface area contributed by atoms with E-state index in [9.17, 15) is 14.0 Å². The van der Waals surface area contributed by atoms with Gasteiger partial charge in [0.25, 0.3) is 0 Å². The highest BCUT2D eigenvalue weighted by atomic mass is 19.1. The summed E-state index contributed by atoms with van der Waals surface area (Å²) in [5.74, 6) is -0.632. The van der Waals surface area contributed by atoms with Crippen LogP contribution in [0.3, 0.4) is 0 Å². The van der Waals surface area contributed by atoms with Crippen molar-refractivity contribution >= 4 is 17.6 Å². The average molecular weight is 377 g/mol. The average Bonchev–Trinajstić information content (AvgIpc) is 2.61. The number of carbonyl (C=O) groups is 2. The van der Waals surface area contributed by atoms with Crippen molar-refractivity contribution in [1.82, 2.24) is 9.80 Å². The summed E-state index contributed by atoms with van der Waals surface area (Å²) < 4.78 is 19.6. The third-order valence-electron chi connectivity index (χ3n) is 5.05. The van der Waals surface area contributed by atoms with Crippen molar-refractivity contribution in [3.8, 4) is 0 Å². The molecule has 7 heteroatoms. The lowest BCUT2D eigenvalue weighted by molar-refractivity contribution is -0.162. The molecule has 3 amide bonds. The van der Waals surface area contributed by atoms with Gasteiger partial charge in [0.15, 0.2) is 0 Å². The fourth-order valence-electron chi connectivity index (χ4n) is 4.00. The Morgan fingerprint density at radius 2 is 1.96 bits per heavy atom. The molecule has 1 aromatic carbocycles. The Morgan fingerprint density at radius 3 is 2.67 bits per heavy atom. The minimum Gasteiger partial charge on any atom is -0.369 e. The molecule has 2 heterocycles. The number of anilines is 1. The Balaban J connectivity index is 1.62. The number of nitrogens with one attached hydrogen (secondary N) is 1. The Bertz CT molecular complexity index is 709. The van der Waals surface area contributed by atoms with E-state index >= 15 is 0 Å². The van der Waals surface area contributed by atoms with Crippen LogP contribution in [0.4, 0.5) is 14.9 Å².